The number of esters is 1. The van der Waals surface area contributed by atoms with E-state index in [2.05, 4.69) is 10.1 Å². The third kappa shape index (κ3) is 6.35. The average Bonchev–Trinajstić information content (AvgIpc) is 2.24. The number of methoxy groups -OCH3 is 1. The van der Waals surface area contributed by atoms with Crippen LogP contribution in [0.1, 0.15) is 31.1 Å². The van der Waals surface area contributed by atoms with Gasteiger partial charge in [-0.25, -0.2) is 9.59 Å². The molecular weight excluding hydrogens is 335 g/mol. The SMILES string of the molecule is COC(=O)c1cc(Cl)cc(NC(=O)OC(C)(C)C)c1.[Zn]. The quantitative estimate of drug-likeness (QED) is 0.655. The number of hydrogen-bond donors (Lipinski definition) is 1. The van der Waals surface area contributed by atoms with Gasteiger partial charge in [-0.15, -0.1) is 0 Å². The number of anilines is 1. The first-order chi connectivity index (χ1) is 8.71. The van der Waals surface area contributed by atoms with E-state index < -0.39 is 17.7 Å². The topological polar surface area (TPSA) is 64.6 Å². The molecule has 0 saturated heterocycles. The first kappa shape index (κ1) is 18.9. The van der Waals surface area contributed by atoms with Crippen molar-refractivity contribution in [1.82, 2.24) is 0 Å². The van der Waals surface area contributed by atoms with Crippen LogP contribution in [0.25, 0.3) is 0 Å². The minimum atomic E-state index is -0.620. The maximum Gasteiger partial charge on any atom is 0.412 e. The van der Waals surface area contributed by atoms with Crippen molar-refractivity contribution in [3.05, 3.63) is 28.8 Å². The van der Waals surface area contributed by atoms with Crippen LogP contribution in [0.4, 0.5) is 10.5 Å². The van der Waals surface area contributed by atoms with Crippen molar-refractivity contribution in [3.8, 4) is 0 Å². The molecule has 5 nitrogen and oxygen atoms in total. The van der Waals surface area contributed by atoms with E-state index in [0.717, 1.165) is 0 Å². The minimum Gasteiger partial charge on any atom is -0.465 e. The summed E-state index contributed by atoms with van der Waals surface area (Å²) in [6.45, 7) is 5.26. The second-order valence-electron chi connectivity index (χ2n) is 4.85. The Kier molecular flexibility index (Phi) is 7.17. The fourth-order valence-electron chi connectivity index (χ4n) is 1.32. The Balaban J connectivity index is 0.00000361. The van der Waals surface area contributed by atoms with Crippen molar-refractivity contribution in [2.75, 3.05) is 12.4 Å². The van der Waals surface area contributed by atoms with Gasteiger partial charge in [-0.1, -0.05) is 11.6 Å². The summed E-state index contributed by atoms with van der Waals surface area (Å²) in [4.78, 5) is 23.0. The Hall–Kier alpha value is -1.13. The number of carbonyl (C=O) groups excluding carboxylic acids is 2. The fourth-order valence-corrected chi connectivity index (χ4v) is 1.55. The Labute approximate surface area is 135 Å². The van der Waals surface area contributed by atoms with Crippen molar-refractivity contribution < 1.29 is 38.5 Å². The monoisotopic (exact) mass is 349 g/mol. The van der Waals surface area contributed by atoms with E-state index in [0.29, 0.717) is 10.7 Å². The zero-order valence-electron chi connectivity index (χ0n) is 12.0. The molecular formula is C13H16ClNO4Zn. The molecule has 7 heteroatoms. The van der Waals surface area contributed by atoms with Crippen molar-refractivity contribution in [1.29, 1.82) is 0 Å². The molecule has 0 aliphatic carbocycles. The van der Waals surface area contributed by atoms with Crippen LogP contribution in [0.3, 0.4) is 0 Å². The average molecular weight is 351 g/mol. The standard InChI is InChI=1S/C13H16ClNO4.Zn/c1-13(2,3)19-12(17)15-10-6-8(11(16)18-4)5-9(14)7-10;/h5-7H,1-4H3,(H,15,17);. The van der Waals surface area contributed by atoms with E-state index in [1.54, 1.807) is 20.8 Å². The molecule has 0 heterocycles. The molecule has 0 bridgehead atoms. The van der Waals surface area contributed by atoms with Gasteiger partial charge < -0.3 is 9.47 Å². The molecule has 0 radical (unpaired) electrons. The maximum absolute atomic E-state index is 11.6. The van der Waals surface area contributed by atoms with Gasteiger partial charge in [-0.2, -0.15) is 0 Å². The first-order valence-electron chi connectivity index (χ1n) is 5.60. The van der Waals surface area contributed by atoms with E-state index >= 15 is 0 Å². The molecule has 20 heavy (non-hydrogen) atoms. The molecule has 0 aliphatic heterocycles. The fraction of sp³-hybridized carbons (Fsp3) is 0.385. The summed E-state index contributed by atoms with van der Waals surface area (Å²) in [6, 6.07) is 4.42. The molecule has 0 unspecified atom stereocenters. The van der Waals surface area contributed by atoms with E-state index in [4.69, 9.17) is 16.3 Å². The summed E-state index contributed by atoms with van der Waals surface area (Å²) in [7, 11) is 1.27. The van der Waals surface area contributed by atoms with Gasteiger partial charge in [0.2, 0.25) is 0 Å². The molecule has 0 fully saturated rings. The summed E-state index contributed by atoms with van der Waals surface area (Å²) in [5.41, 5.74) is 0.0107. The van der Waals surface area contributed by atoms with Crippen molar-refractivity contribution in [2.24, 2.45) is 0 Å². The van der Waals surface area contributed by atoms with Crippen LogP contribution in [0, 0.1) is 0 Å². The van der Waals surface area contributed by atoms with E-state index in [-0.39, 0.29) is 25.0 Å². The van der Waals surface area contributed by atoms with Gasteiger partial charge in [-0.3, -0.25) is 5.32 Å². The number of benzene rings is 1. The zero-order chi connectivity index (χ0) is 14.6. The van der Waals surface area contributed by atoms with Crippen LogP contribution < -0.4 is 5.32 Å². The molecule has 0 saturated carbocycles. The van der Waals surface area contributed by atoms with Crippen molar-refractivity contribution in [3.63, 3.8) is 0 Å². The molecule has 1 rings (SSSR count). The smallest absolute Gasteiger partial charge is 0.412 e. The van der Waals surface area contributed by atoms with E-state index in [9.17, 15) is 9.59 Å². The Morgan fingerprint density at radius 3 is 2.30 bits per heavy atom. The number of rotatable bonds is 2. The summed E-state index contributed by atoms with van der Waals surface area (Å²) < 4.78 is 9.69. The number of carbonyl (C=O) groups is 2. The Bertz CT molecular complexity index is 500. The molecule has 0 spiro atoms. The van der Waals surface area contributed by atoms with Gasteiger partial charge in [0, 0.05) is 30.2 Å². The molecule has 0 aromatic heterocycles. The Morgan fingerprint density at radius 1 is 1.20 bits per heavy atom. The number of hydrogen-bond acceptors (Lipinski definition) is 4. The Morgan fingerprint density at radius 2 is 1.80 bits per heavy atom. The van der Waals surface area contributed by atoms with Crippen LogP contribution in [0.5, 0.6) is 0 Å². The second kappa shape index (κ2) is 7.60. The molecule has 1 amide bonds. The van der Waals surface area contributed by atoms with Gasteiger partial charge in [0.25, 0.3) is 0 Å². The van der Waals surface area contributed by atoms with Crippen LogP contribution in [-0.4, -0.2) is 24.8 Å². The van der Waals surface area contributed by atoms with Crippen LogP contribution in [-0.2, 0) is 29.0 Å². The largest absolute Gasteiger partial charge is 0.465 e. The van der Waals surface area contributed by atoms with E-state index in [1.165, 1.54) is 25.3 Å². The normalized spacial score (nSPS) is 10.2. The predicted molar refractivity (Wildman–Crippen MR) is 72.6 cm³/mol. The van der Waals surface area contributed by atoms with Gasteiger partial charge in [0.15, 0.2) is 0 Å². The predicted octanol–water partition coefficient (Wildman–Crippen LogP) is 3.47. The molecule has 1 aromatic carbocycles. The molecule has 1 aromatic rings. The summed E-state index contributed by atoms with van der Waals surface area (Å²) in [5, 5.41) is 2.82. The van der Waals surface area contributed by atoms with E-state index in [1.807, 2.05) is 0 Å². The number of amides is 1. The number of ether oxygens (including phenoxy) is 2. The minimum absolute atomic E-state index is 0. The third-order valence-corrected chi connectivity index (χ3v) is 2.18. The molecule has 0 aliphatic rings. The van der Waals surface area contributed by atoms with Gasteiger partial charge in [0.05, 0.1) is 12.7 Å². The second-order valence-corrected chi connectivity index (χ2v) is 5.28. The van der Waals surface area contributed by atoms with Crippen molar-refractivity contribution in [2.45, 2.75) is 26.4 Å². The molecule has 106 valence electrons. The van der Waals surface area contributed by atoms with Crippen molar-refractivity contribution >= 4 is 29.4 Å². The maximum atomic E-state index is 11.6. The van der Waals surface area contributed by atoms with Crippen LogP contribution in [0.15, 0.2) is 18.2 Å². The van der Waals surface area contributed by atoms with Gasteiger partial charge in [-0.05, 0) is 39.0 Å². The molecule has 1 N–H and O–H groups in total. The number of nitrogens with one attached hydrogen (secondary N) is 1. The zero-order valence-corrected chi connectivity index (χ0v) is 15.7. The first-order valence-corrected chi connectivity index (χ1v) is 5.98. The number of halogens is 1. The summed E-state index contributed by atoms with van der Waals surface area (Å²) in [6.07, 6.45) is -0.620. The molecule has 0 atom stereocenters. The van der Waals surface area contributed by atoms with Gasteiger partial charge in [0.1, 0.15) is 5.60 Å². The summed E-state index contributed by atoms with van der Waals surface area (Å²) in [5.74, 6) is -0.533. The van der Waals surface area contributed by atoms with Crippen LogP contribution in [0.2, 0.25) is 5.02 Å². The third-order valence-electron chi connectivity index (χ3n) is 1.96. The summed E-state index contributed by atoms with van der Waals surface area (Å²) >= 11 is 5.87. The van der Waals surface area contributed by atoms with Gasteiger partial charge >= 0.3 is 12.1 Å². The van der Waals surface area contributed by atoms with Crippen LogP contribution >= 0.6 is 11.6 Å².